The number of carbonyl (C=O) groups is 2. The number of aliphatic hydroxyl groups is 3. The maximum Gasteiger partial charge on any atom is 0.187 e. The van der Waals surface area contributed by atoms with Gasteiger partial charge in [-0.05, 0) is 6.92 Å². The average Bonchev–Trinajstić information content (AvgIpc) is 2.11. The molecule has 0 saturated carbocycles. The Labute approximate surface area is 75.3 Å². The van der Waals surface area contributed by atoms with Crippen LogP contribution in [0.25, 0.3) is 0 Å². The first-order valence-corrected chi connectivity index (χ1v) is 3.68. The molecule has 0 bridgehead atoms. The van der Waals surface area contributed by atoms with Crippen LogP contribution in [0.4, 0.5) is 0 Å². The minimum Gasteiger partial charge on any atom is -0.512 e. The molecule has 0 amide bonds. The van der Waals surface area contributed by atoms with Gasteiger partial charge in [0.25, 0.3) is 0 Å². The monoisotopic (exact) mass is 188 g/mol. The SMILES string of the molecule is C/C(O)=C(\CC(=O)CO)C(=O)CO. The van der Waals surface area contributed by atoms with Crippen LogP contribution >= 0.6 is 0 Å². The fourth-order valence-electron chi connectivity index (χ4n) is 0.777. The maximum absolute atomic E-state index is 10.9. The molecule has 0 aliphatic rings. The number of carbonyl (C=O) groups excluding carboxylic acids is 2. The molecule has 0 saturated heterocycles. The highest BCUT2D eigenvalue weighted by Crippen LogP contribution is 2.08. The van der Waals surface area contributed by atoms with Crippen molar-refractivity contribution in [2.45, 2.75) is 13.3 Å². The molecule has 0 aromatic heterocycles. The quantitative estimate of drug-likeness (QED) is 0.393. The van der Waals surface area contributed by atoms with E-state index in [4.69, 9.17) is 15.3 Å². The van der Waals surface area contributed by atoms with E-state index in [1.165, 1.54) is 6.92 Å². The van der Waals surface area contributed by atoms with Crippen molar-refractivity contribution in [1.29, 1.82) is 0 Å². The van der Waals surface area contributed by atoms with E-state index in [1.54, 1.807) is 0 Å². The molecule has 0 heterocycles. The van der Waals surface area contributed by atoms with Crippen LogP contribution in [0.15, 0.2) is 11.3 Å². The molecule has 0 aliphatic carbocycles. The third-order valence-electron chi connectivity index (χ3n) is 1.47. The summed E-state index contributed by atoms with van der Waals surface area (Å²) in [6.07, 6.45) is -0.349. The maximum atomic E-state index is 10.9. The second-order valence-corrected chi connectivity index (χ2v) is 2.52. The van der Waals surface area contributed by atoms with Gasteiger partial charge in [0.05, 0.1) is 5.76 Å². The van der Waals surface area contributed by atoms with Crippen LogP contribution < -0.4 is 0 Å². The molecule has 0 atom stereocenters. The molecule has 0 rings (SSSR count). The van der Waals surface area contributed by atoms with Crippen molar-refractivity contribution >= 4 is 11.6 Å². The van der Waals surface area contributed by atoms with Crippen molar-refractivity contribution in [2.24, 2.45) is 0 Å². The number of hydrogen-bond donors (Lipinski definition) is 3. The minimum absolute atomic E-state index is 0.151. The van der Waals surface area contributed by atoms with Gasteiger partial charge in [0.15, 0.2) is 11.6 Å². The average molecular weight is 188 g/mol. The topological polar surface area (TPSA) is 94.8 Å². The second kappa shape index (κ2) is 5.45. The summed E-state index contributed by atoms with van der Waals surface area (Å²) >= 11 is 0. The van der Waals surface area contributed by atoms with Crippen LogP contribution in [0.1, 0.15) is 13.3 Å². The van der Waals surface area contributed by atoms with Crippen molar-refractivity contribution in [3.63, 3.8) is 0 Å². The van der Waals surface area contributed by atoms with E-state index in [-0.39, 0.29) is 17.8 Å². The minimum atomic E-state index is -0.758. The predicted molar refractivity (Wildman–Crippen MR) is 44.1 cm³/mol. The summed E-state index contributed by atoms with van der Waals surface area (Å²) in [5.74, 6) is -1.59. The molecule has 0 unspecified atom stereocenters. The fourth-order valence-corrected chi connectivity index (χ4v) is 0.777. The lowest BCUT2D eigenvalue weighted by Crippen LogP contribution is -2.15. The smallest absolute Gasteiger partial charge is 0.187 e. The largest absolute Gasteiger partial charge is 0.512 e. The molecular weight excluding hydrogens is 176 g/mol. The zero-order valence-corrected chi connectivity index (χ0v) is 7.28. The number of ketones is 2. The van der Waals surface area contributed by atoms with Crippen molar-refractivity contribution < 1.29 is 24.9 Å². The van der Waals surface area contributed by atoms with Crippen molar-refractivity contribution in [2.75, 3.05) is 13.2 Å². The first-order chi connectivity index (χ1) is 6.02. The number of allylic oxidation sites excluding steroid dienone is 1. The third-order valence-corrected chi connectivity index (χ3v) is 1.47. The summed E-state index contributed by atoms with van der Waals surface area (Å²) in [4.78, 5) is 21.6. The van der Waals surface area contributed by atoms with E-state index in [9.17, 15) is 9.59 Å². The molecule has 0 aliphatic heterocycles. The number of aliphatic hydroxyl groups excluding tert-OH is 3. The van der Waals surface area contributed by atoms with Crippen molar-refractivity contribution in [1.82, 2.24) is 0 Å². The lowest BCUT2D eigenvalue weighted by Gasteiger charge is -2.03. The number of hydrogen-bond acceptors (Lipinski definition) is 5. The molecule has 0 aromatic carbocycles. The highest BCUT2D eigenvalue weighted by Gasteiger charge is 2.15. The normalized spacial score (nSPS) is 12.2. The van der Waals surface area contributed by atoms with Gasteiger partial charge in [-0.3, -0.25) is 9.59 Å². The Bertz CT molecular complexity index is 237. The van der Waals surface area contributed by atoms with E-state index in [0.29, 0.717) is 0 Å². The van der Waals surface area contributed by atoms with Gasteiger partial charge in [0.1, 0.15) is 13.2 Å². The molecule has 74 valence electrons. The molecule has 0 fully saturated rings. The summed E-state index contributed by atoms with van der Waals surface area (Å²) in [6, 6.07) is 0. The van der Waals surface area contributed by atoms with Crippen LogP contribution in [0.2, 0.25) is 0 Å². The van der Waals surface area contributed by atoms with E-state index >= 15 is 0 Å². The Hall–Kier alpha value is -1.20. The van der Waals surface area contributed by atoms with E-state index in [1.807, 2.05) is 0 Å². The van der Waals surface area contributed by atoms with E-state index < -0.39 is 24.8 Å². The van der Waals surface area contributed by atoms with Gasteiger partial charge >= 0.3 is 0 Å². The predicted octanol–water partition coefficient (Wildman–Crippen LogP) is -0.669. The van der Waals surface area contributed by atoms with Crippen LogP contribution in [0, 0.1) is 0 Å². The Balaban J connectivity index is 4.57. The molecule has 0 spiro atoms. The van der Waals surface area contributed by atoms with Crippen LogP contribution in [0.5, 0.6) is 0 Å². The number of Topliss-reactive ketones (excluding diaryl/α,β-unsaturated/α-hetero) is 2. The molecule has 5 nitrogen and oxygen atoms in total. The summed E-state index contributed by atoms with van der Waals surface area (Å²) in [5.41, 5.74) is -0.151. The first-order valence-electron chi connectivity index (χ1n) is 3.68. The Morgan fingerprint density at radius 3 is 2.00 bits per heavy atom. The summed E-state index contributed by atoms with van der Waals surface area (Å²) in [7, 11) is 0. The Morgan fingerprint density at radius 1 is 1.15 bits per heavy atom. The van der Waals surface area contributed by atoms with E-state index in [2.05, 4.69) is 0 Å². The van der Waals surface area contributed by atoms with Gasteiger partial charge in [-0.25, -0.2) is 0 Å². The fraction of sp³-hybridized carbons (Fsp3) is 0.500. The van der Waals surface area contributed by atoms with Gasteiger partial charge < -0.3 is 15.3 Å². The van der Waals surface area contributed by atoms with Gasteiger partial charge in [-0.2, -0.15) is 0 Å². The van der Waals surface area contributed by atoms with Gasteiger partial charge in [-0.15, -0.1) is 0 Å². The van der Waals surface area contributed by atoms with Crippen LogP contribution in [-0.2, 0) is 9.59 Å². The van der Waals surface area contributed by atoms with Crippen molar-refractivity contribution in [3.8, 4) is 0 Å². The molecule has 0 radical (unpaired) electrons. The summed E-state index contributed by atoms with van der Waals surface area (Å²) in [5, 5.41) is 25.8. The third kappa shape index (κ3) is 3.82. The molecular formula is C8H12O5. The zero-order valence-electron chi connectivity index (χ0n) is 7.28. The zero-order chi connectivity index (χ0) is 10.4. The number of rotatable bonds is 5. The molecule has 3 N–H and O–H groups in total. The summed E-state index contributed by atoms with van der Waals surface area (Å²) in [6.45, 7) is -0.199. The highest BCUT2D eigenvalue weighted by atomic mass is 16.3. The standard InChI is InChI=1S/C8H12O5/c1-5(11)7(8(13)4-10)2-6(12)3-9/h9-11H,2-4H2,1H3/b7-5-. The van der Waals surface area contributed by atoms with E-state index in [0.717, 1.165) is 0 Å². The molecule has 5 heteroatoms. The Kier molecular flexibility index (Phi) is 4.94. The lowest BCUT2D eigenvalue weighted by atomic mass is 10.0. The molecule has 0 aromatic rings. The highest BCUT2D eigenvalue weighted by molar-refractivity contribution is 6.01. The van der Waals surface area contributed by atoms with Crippen LogP contribution in [-0.4, -0.2) is 40.1 Å². The van der Waals surface area contributed by atoms with Crippen LogP contribution in [0.3, 0.4) is 0 Å². The molecule has 13 heavy (non-hydrogen) atoms. The van der Waals surface area contributed by atoms with Gasteiger partial charge in [0, 0.05) is 12.0 Å². The Morgan fingerprint density at radius 2 is 1.69 bits per heavy atom. The second-order valence-electron chi connectivity index (χ2n) is 2.52. The summed E-state index contributed by atoms with van der Waals surface area (Å²) < 4.78 is 0. The van der Waals surface area contributed by atoms with Crippen molar-refractivity contribution in [3.05, 3.63) is 11.3 Å². The van der Waals surface area contributed by atoms with Gasteiger partial charge in [0.2, 0.25) is 0 Å². The van der Waals surface area contributed by atoms with Gasteiger partial charge in [-0.1, -0.05) is 0 Å². The lowest BCUT2D eigenvalue weighted by molar-refractivity contribution is -0.124. The first kappa shape index (κ1) is 11.8.